The summed E-state index contributed by atoms with van der Waals surface area (Å²) in [5.41, 5.74) is 2.36. The first-order valence-electron chi connectivity index (χ1n) is 6.63. The summed E-state index contributed by atoms with van der Waals surface area (Å²) in [4.78, 5) is 13.6. The number of fused-ring (bicyclic) bond motifs is 1. The molecule has 0 bridgehead atoms. The number of carbonyl (C=O) groups excluding carboxylic acids is 1. The molecular formula is C14H19NO2S. The van der Waals surface area contributed by atoms with E-state index in [4.69, 9.17) is 4.74 Å². The Balaban J connectivity index is 1.67. The molecule has 1 aliphatic heterocycles. The van der Waals surface area contributed by atoms with Gasteiger partial charge in [0.2, 0.25) is 0 Å². The molecule has 0 atom stereocenters. The first-order chi connectivity index (χ1) is 8.68. The maximum Gasteiger partial charge on any atom is 0.252 e. The smallest absolute Gasteiger partial charge is 0.252 e. The lowest BCUT2D eigenvalue weighted by atomic mass is 9.88. The highest BCUT2D eigenvalue weighted by Crippen LogP contribution is 2.30. The molecular weight excluding hydrogens is 246 g/mol. The van der Waals surface area contributed by atoms with Crippen LogP contribution in [0.1, 0.15) is 40.6 Å². The van der Waals surface area contributed by atoms with Crippen LogP contribution in [0.3, 0.4) is 0 Å². The normalized spacial score (nSPS) is 20.9. The maximum absolute atomic E-state index is 12.2. The Kier molecular flexibility index (Phi) is 3.16. The largest absolute Gasteiger partial charge is 0.380 e. The van der Waals surface area contributed by atoms with Crippen LogP contribution < -0.4 is 5.32 Å². The van der Waals surface area contributed by atoms with E-state index in [1.54, 1.807) is 11.3 Å². The van der Waals surface area contributed by atoms with Crippen LogP contribution in [-0.2, 0) is 17.6 Å². The molecule has 18 heavy (non-hydrogen) atoms. The average Bonchev–Trinajstić information content (AvgIpc) is 2.77. The monoisotopic (exact) mass is 265 g/mol. The summed E-state index contributed by atoms with van der Waals surface area (Å²) in [6.45, 7) is 4.39. The molecule has 2 aliphatic rings. The van der Waals surface area contributed by atoms with Crippen molar-refractivity contribution in [3.63, 3.8) is 0 Å². The SMILES string of the molecule is CC1(CNC(=O)c2csc3c2CCCC3)COC1. The van der Waals surface area contributed by atoms with Crippen LogP contribution in [0.5, 0.6) is 0 Å². The zero-order valence-corrected chi connectivity index (χ0v) is 11.6. The molecule has 1 amide bonds. The number of nitrogens with one attached hydrogen (secondary N) is 1. The molecule has 3 rings (SSSR count). The standard InChI is InChI=1S/C14H19NO2S/c1-14(8-17-9-14)7-15-13(16)11-6-18-12-5-3-2-4-10(11)12/h6H,2-5,7-9H2,1H3,(H,15,16). The first-order valence-corrected chi connectivity index (χ1v) is 7.51. The number of ether oxygens (including phenoxy) is 1. The summed E-state index contributed by atoms with van der Waals surface area (Å²) in [6, 6.07) is 0. The molecule has 0 unspecified atom stereocenters. The van der Waals surface area contributed by atoms with Crippen molar-refractivity contribution in [3.8, 4) is 0 Å². The van der Waals surface area contributed by atoms with E-state index in [9.17, 15) is 4.79 Å². The molecule has 1 N–H and O–H groups in total. The van der Waals surface area contributed by atoms with Gasteiger partial charge >= 0.3 is 0 Å². The van der Waals surface area contributed by atoms with Gasteiger partial charge in [0.1, 0.15) is 0 Å². The predicted molar refractivity (Wildman–Crippen MR) is 72.2 cm³/mol. The number of amides is 1. The van der Waals surface area contributed by atoms with Crippen LogP contribution in [-0.4, -0.2) is 25.7 Å². The van der Waals surface area contributed by atoms with Crippen molar-refractivity contribution >= 4 is 17.2 Å². The molecule has 3 nitrogen and oxygen atoms in total. The number of hydrogen-bond donors (Lipinski definition) is 1. The molecule has 4 heteroatoms. The third kappa shape index (κ3) is 2.19. The molecule has 0 aromatic carbocycles. The van der Waals surface area contributed by atoms with Gasteiger partial charge in [0.05, 0.1) is 18.8 Å². The average molecular weight is 265 g/mol. The lowest BCUT2D eigenvalue weighted by Gasteiger charge is -2.38. The minimum Gasteiger partial charge on any atom is -0.380 e. The zero-order valence-electron chi connectivity index (χ0n) is 10.8. The van der Waals surface area contributed by atoms with Crippen molar-refractivity contribution in [3.05, 3.63) is 21.4 Å². The van der Waals surface area contributed by atoms with E-state index in [2.05, 4.69) is 12.2 Å². The second kappa shape index (κ2) is 4.67. The molecule has 1 fully saturated rings. The van der Waals surface area contributed by atoms with E-state index < -0.39 is 0 Å². The highest BCUT2D eigenvalue weighted by Gasteiger charge is 2.34. The van der Waals surface area contributed by atoms with E-state index in [1.807, 2.05) is 5.38 Å². The van der Waals surface area contributed by atoms with E-state index >= 15 is 0 Å². The van der Waals surface area contributed by atoms with Gasteiger partial charge in [-0.1, -0.05) is 6.92 Å². The Labute approximate surface area is 112 Å². The topological polar surface area (TPSA) is 38.3 Å². The fourth-order valence-electron chi connectivity index (χ4n) is 2.63. The van der Waals surface area contributed by atoms with Crippen molar-refractivity contribution in [2.45, 2.75) is 32.6 Å². The Hall–Kier alpha value is -0.870. The Morgan fingerprint density at radius 3 is 2.94 bits per heavy atom. The van der Waals surface area contributed by atoms with Crippen molar-refractivity contribution in [2.75, 3.05) is 19.8 Å². The highest BCUT2D eigenvalue weighted by atomic mass is 32.1. The van der Waals surface area contributed by atoms with E-state index in [0.29, 0.717) is 0 Å². The minimum absolute atomic E-state index is 0.0996. The van der Waals surface area contributed by atoms with Gasteiger partial charge in [-0.25, -0.2) is 0 Å². The quantitative estimate of drug-likeness (QED) is 0.911. The summed E-state index contributed by atoms with van der Waals surface area (Å²) < 4.78 is 5.20. The number of carbonyl (C=O) groups is 1. The second-order valence-electron chi connectivity index (χ2n) is 5.74. The summed E-state index contributed by atoms with van der Waals surface area (Å²) in [6.07, 6.45) is 4.71. The van der Waals surface area contributed by atoms with E-state index in [1.165, 1.54) is 23.3 Å². The molecule has 98 valence electrons. The summed E-state index contributed by atoms with van der Waals surface area (Å²) in [5.74, 6) is 0.0996. The highest BCUT2D eigenvalue weighted by molar-refractivity contribution is 7.10. The minimum atomic E-state index is 0.0996. The molecule has 0 spiro atoms. The van der Waals surface area contributed by atoms with Gasteiger partial charge < -0.3 is 10.1 Å². The molecule has 0 saturated carbocycles. The third-order valence-electron chi connectivity index (χ3n) is 3.88. The van der Waals surface area contributed by atoms with Gasteiger partial charge in [0, 0.05) is 22.2 Å². The lowest BCUT2D eigenvalue weighted by Crippen LogP contribution is -2.48. The lowest BCUT2D eigenvalue weighted by molar-refractivity contribution is -0.0978. The Bertz CT molecular complexity index is 462. The first kappa shape index (κ1) is 12.2. The van der Waals surface area contributed by atoms with E-state index in [0.717, 1.165) is 38.2 Å². The fourth-order valence-corrected chi connectivity index (χ4v) is 3.75. The van der Waals surface area contributed by atoms with Crippen molar-refractivity contribution in [1.82, 2.24) is 5.32 Å². The van der Waals surface area contributed by atoms with Crippen LogP contribution in [0, 0.1) is 5.41 Å². The van der Waals surface area contributed by atoms with Crippen LogP contribution in [0.2, 0.25) is 0 Å². The molecule has 1 saturated heterocycles. The molecule has 1 aromatic rings. The molecule has 1 aliphatic carbocycles. The molecule has 0 radical (unpaired) electrons. The van der Waals surface area contributed by atoms with Crippen LogP contribution in [0.25, 0.3) is 0 Å². The number of aryl methyl sites for hydroxylation is 1. The summed E-state index contributed by atoms with van der Waals surface area (Å²) >= 11 is 1.75. The van der Waals surface area contributed by atoms with Crippen molar-refractivity contribution in [1.29, 1.82) is 0 Å². The predicted octanol–water partition coefficient (Wildman–Crippen LogP) is 2.39. The fraction of sp³-hybridized carbons (Fsp3) is 0.643. The second-order valence-corrected chi connectivity index (χ2v) is 6.71. The molecule has 2 heterocycles. The number of hydrogen-bond acceptors (Lipinski definition) is 3. The summed E-state index contributed by atoms with van der Waals surface area (Å²) in [7, 11) is 0. The van der Waals surface area contributed by atoms with Crippen LogP contribution in [0.15, 0.2) is 5.38 Å². The Morgan fingerprint density at radius 2 is 2.22 bits per heavy atom. The van der Waals surface area contributed by atoms with Gasteiger partial charge in [-0.05, 0) is 31.2 Å². The van der Waals surface area contributed by atoms with Gasteiger partial charge in [-0.2, -0.15) is 0 Å². The van der Waals surface area contributed by atoms with Crippen molar-refractivity contribution < 1.29 is 9.53 Å². The Morgan fingerprint density at radius 1 is 1.44 bits per heavy atom. The zero-order chi connectivity index (χ0) is 12.6. The molecule has 1 aromatic heterocycles. The number of thiophene rings is 1. The van der Waals surface area contributed by atoms with Crippen LogP contribution >= 0.6 is 11.3 Å². The number of rotatable bonds is 3. The van der Waals surface area contributed by atoms with Gasteiger partial charge in [0.15, 0.2) is 0 Å². The van der Waals surface area contributed by atoms with Crippen molar-refractivity contribution in [2.24, 2.45) is 5.41 Å². The van der Waals surface area contributed by atoms with E-state index in [-0.39, 0.29) is 11.3 Å². The summed E-state index contributed by atoms with van der Waals surface area (Å²) in [5, 5.41) is 5.10. The maximum atomic E-state index is 12.2. The third-order valence-corrected chi connectivity index (χ3v) is 4.97. The van der Waals surface area contributed by atoms with Crippen LogP contribution in [0.4, 0.5) is 0 Å². The van der Waals surface area contributed by atoms with Gasteiger partial charge in [0.25, 0.3) is 5.91 Å². The van der Waals surface area contributed by atoms with Gasteiger partial charge in [-0.3, -0.25) is 4.79 Å². The van der Waals surface area contributed by atoms with Gasteiger partial charge in [-0.15, -0.1) is 11.3 Å².